The zero-order chi connectivity index (χ0) is 13.8. The Labute approximate surface area is 110 Å². The highest BCUT2D eigenvalue weighted by atomic mass is 16.5. The number of hydrogen-bond acceptors (Lipinski definition) is 5. The zero-order valence-corrected chi connectivity index (χ0v) is 10.8. The Bertz CT molecular complexity index is 471. The lowest BCUT2D eigenvalue weighted by Crippen LogP contribution is -2.36. The summed E-state index contributed by atoms with van der Waals surface area (Å²) in [5.74, 6) is -0.429. The number of nitrogens with zero attached hydrogens (tertiary/aromatic N) is 3. The van der Waals surface area contributed by atoms with Crippen molar-refractivity contribution in [2.24, 2.45) is 0 Å². The summed E-state index contributed by atoms with van der Waals surface area (Å²) in [7, 11) is 0. The number of aryl methyl sites for hydroxylation is 1. The van der Waals surface area contributed by atoms with Gasteiger partial charge in [-0.05, 0) is 13.3 Å². The van der Waals surface area contributed by atoms with E-state index in [0.29, 0.717) is 37.5 Å². The minimum Gasteiger partial charge on any atom is -0.480 e. The van der Waals surface area contributed by atoms with E-state index in [1.165, 1.54) is 6.20 Å². The predicted molar refractivity (Wildman–Crippen MR) is 65.8 cm³/mol. The number of aromatic nitrogens is 1. The van der Waals surface area contributed by atoms with Crippen molar-refractivity contribution >= 4 is 11.9 Å². The molecule has 0 aliphatic carbocycles. The van der Waals surface area contributed by atoms with Crippen LogP contribution >= 0.6 is 0 Å². The van der Waals surface area contributed by atoms with Crippen molar-refractivity contribution in [2.75, 3.05) is 32.7 Å². The summed E-state index contributed by atoms with van der Waals surface area (Å²) in [6, 6.07) is 0. The molecule has 2 heterocycles. The van der Waals surface area contributed by atoms with Crippen LogP contribution in [-0.4, -0.2) is 64.7 Å². The zero-order valence-electron chi connectivity index (χ0n) is 10.8. The number of aliphatic carboxylic acids is 1. The topological polar surface area (TPSA) is 86.9 Å². The first kappa shape index (κ1) is 13.5. The monoisotopic (exact) mass is 267 g/mol. The van der Waals surface area contributed by atoms with Crippen molar-refractivity contribution in [3.05, 3.63) is 17.5 Å². The number of amides is 1. The van der Waals surface area contributed by atoms with E-state index in [2.05, 4.69) is 5.16 Å². The van der Waals surface area contributed by atoms with Gasteiger partial charge in [0.1, 0.15) is 11.3 Å². The number of rotatable bonds is 3. The van der Waals surface area contributed by atoms with Crippen molar-refractivity contribution in [3.8, 4) is 0 Å². The summed E-state index contributed by atoms with van der Waals surface area (Å²) in [5.41, 5.74) is 0.478. The van der Waals surface area contributed by atoms with Crippen LogP contribution < -0.4 is 0 Å². The molecule has 19 heavy (non-hydrogen) atoms. The molecule has 0 atom stereocenters. The molecule has 0 unspecified atom stereocenters. The molecule has 1 aliphatic heterocycles. The Hall–Kier alpha value is -1.89. The fourth-order valence-corrected chi connectivity index (χ4v) is 2.20. The smallest absolute Gasteiger partial charge is 0.317 e. The van der Waals surface area contributed by atoms with E-state index >= 15 is 0 Å². The van der Waals surface area contributed by atoms with E-state index in [1.807, 2.05) is 4.90 Å². The molecule has 2 rings (SSSR count). The molecule has 1 aromatic heterocycles. The summed E-state index contributed by atoms with van der Waals surface area (Å²) < 4.78 is 4.90. The standard InChI is InChI=1S/C12H17N3O4/c1-9-10(7-13-19-9)12(18)15-4-2-3-14(5-6-15)8-11(16)17/h7H,2-6,8H2,1H3,(H,16,17). The molecule has 104 valence electrons. The Balaban J connectivity index is 1.97. The maximum Gasteiger partial charge on any atom is 0.317 e. The van der Waals surface area contributed by atoms with Crippen molar-refractivity contribution in [3.63, 3.8) is 0 Å². The van der Waals surface area contributed by atoms with Crippen LogP contribution in [0.2, 0.25) is 0 Å². The highest BCUT2D eigenvalue weighted by Crippen LogP contribution is 2.12. The fourth-order valence-electron chi connectivity index (χ4n) is 2.20. The van der Waals surface area contributed by atoms with Gasteiger partial charge < -0.3 is 14.5 Å². The summed E-state index contributed by atoms with van der Waals surface area (Å²) in [5, 5.41) is 12.4. The molecule has 0 bridgehead atoms. The van der Waals surface area contributed by atoms with Crippen LogP contribution in [0.3, 0.4) is 0 Å². The SMILES string of the molecule is Cc1oncc1C(=O)N1CCCN(CC(=O)O)CC1. The highest BCUT2D eigenvalue weighted by Gasteiger charge is 2.23. The second-order valence-electron chi connectivity index (χ2n) is 4.61. The Morgan fingerprint density at radius 2 is 2.16 bits per heavy atom. The van der Waals surface area contributed by atoms with E-state index in [4.69, 9.17) is 9.63 Å². The highest BCUT2D eigenvalue weighted by molar-refractivity contribution is 5.94. The average Bonchev–Trinajstić information content (AvgIpc) is 2.64. The van der Waals surface area contributed by atoms with Crippen LogP contribution in [0, 0.1) is 6.92 Å². The Kier molecular flexibility index (Phi) is 4.16. The summed E-state index contributed by atoms with van der Waals surface area (Å²) >= 11 is 0. The quantitative estimate of drug-likeness (QED) is 0.842. The van der Waals surface area contributed by atoms with Gasteiger partial charge in [-0.3, -0.25) is 14.5 Å². The lowest BCUT2D eigenvalue weighted by atomic mass is 10.2. The molecule has 1 saturated heterocycles. The molecule has 1 aromatic rings. The van der Waals surface area contributed by atoms with Crippen molar-refractivity contribution in [1.82, 2.24) is 15.0 Å². The fraction of sp³-hybridized carbons (Fsp3) is 0.583. The second kappa shape index (κ2) is 5.83. The van der Waals surface area contributed by atoms with Gasteiger partial charge in [-0.2, -0.15) is 0 Å². The molecule has 0 saturated carbocycles. The number of hydrogen-bond donors (Lipinski definition) is 1. The molecule has 1 fully saturated rings. The third-order valence-electron chi connectivity index (χ3n) is 3.22. The van der Waals surface area contributed by atoms with Crippen molar-refractivity contribution < 1.29 is 19.2 Å². The molecular weight excluding hydrogens is 250 g/mol. The first-order chi connectivity index (χ1) is 9.08. The van der Waals surface area contributed by atoms with Crippen LogP contribution in [0.15, 0.2) is 10.7 Å². The largest absolute Gasteiger partial charge is 0.480 e. The third kappa shape index (κ3) is 3.31. The van der Waals surface area contributed by atoms with Gasteiger partial charge in [-0.25, -0.2) is 0 Å². The molecule has 1 aliphatic rings. The molecule has 7 heteroatoms. The second-order valence-corrected chi connectivity index (χ2v) is 4.61. The number of carbonyl (C=O) groups is 2. The van der Waals surface area contributed by atoms with E-state index < -0.39 is 5.97 Å². The van der Waals surface area contributed by atoms with Gasteiger partial charge in [0, 0.05) is 26.2 Å². The summed E-state index contributed by atoms with van der Waals surface area (Å²) in [4.78, 5) is 26.5. The Morgan fingerprint density at radius 3 is 2.79 bits per heavy atom. The minimum atomic E-state index is -0.838. The van der Waals surface area contributed by atoms with E-state index in [1.54, 1.807) is 11.8 Å². The average molecular weight is 267 g/mol. The van der Waals surface area contributed by atoms with Gasteiger partial charge in [0.2, 0.25) is 0 Å². The van der Waals surface area contributed by atoms with Crippen LogP contribution in [0.4, 0.5) is 0 Å². The van der Waals surface area contributed by atoms with Gasteiger partial charge in [0.05, 0.1) is 12.7 Å². The molecule has 7 nitrogen and oxygen atoms in total. The predicted octanol–water partition coefficient (Wildman–Crippen LogP) is 0.216. The third-order valence-corrected chi connectivity index (χ3v) is 3.22. The first-order valence-corrected chi connectivity index (χ1v) is 6.22. The maximum atomic E-state index is 12.3. The van der Waals surface area contributed by atoms with Crippen molar-refractivity contribution in [1.29, 1.82) is 0 Å². The van der Waals surface area contributed by atoms with Crippen LogP contribution in [0.5, 0.6) is 0 Å². The van der Waals surface area contributed by atoms with E-state index in [-0.39, 0.29) is 12.5 Å². The normalized spacial score (nSPS) is 17.2. The van der Waals surface area contributed by atoms with Gasteiger partial charge in [-0.15, -0.1) is 0 Å². The molecule has 1 N–H and O–H groups in total. The maximum absolute atomic E-state index is 12.3. The van der Waals surface area contributed by atoms with Crippen LogP contribution in [0.25, 0.3) is 0 Å². The number of carboxylic acid groups (broad SMARTS) is 1. The van der Waals surface area contributed by atoms with Gasteiger partial charge in [0.15, 0.2) is 0 Å². The molecule has 0 radical (unpaired) electrons. The molecule has 0 spiro atoms. The van der Waals surface area contributed by atoms with Gasteiger partial charge in [-0.1, -0.05) is 5.16 Å². The summed E-state index contributed by atoms with van der Waals surface area (Å²) in [6.45, 7) is 4.14. The lowest BCUT2D eigenvalue weighted by Gasteiger charge is -2.20. The summed E-state index contributed by atoms with van der Waals surface area (Å²) in [6.07, 6.45) is 2.20. The lowest BCUT2D eigenvalue weighted by molar-refractivity contribution is -0.138. The van der Waals surface area contributed by atoms with Crippen LogP contribution in [0.1, 0.15) is 22.5 Å². The van der Waals surface area contributed by atoms with Gasteiger partial charge >= 0.3 is 5.97 Å². The first-order valence-electron chi connectivity index (χ1n) is 6.22. The molecule has 1 amide bonds. The van der Waals surface area contributed by atoms with E-state index in [9.17, 15) is 9.59 Å². The van der Waals surface area contributed by atoms with Crippen LogP contribution in [-0.2, 0) is 4.79 Å². The molecular formula is C12H17N3O4. The minimum absolute atomic E-state index is 0.0221. The van der Waals surface area contributed by atoms with E-state index in [0.717, 1.165) is 6.42 Å². The number of carbonyl (C=O) groups excluding carboxylic acids is 1. The van der Waals surface area contributed by atoms with Crippen molar-refractivity contribution in [2.45, 2.75) is 13.3 Å². The Morgan fingerprint density at radius 1 is 1.37 bits per heavy atom. The van der Waals surface area contributed by atoms with Gasteiger partial charge in [0.25, 0.3) is 5.91 Å². The number of carboxylic acids is 1. The molecule has 0 aromatic carbocycles.